The zero-order valence-corrected chi connectivity index (χ0v) is 7.65. The van der Waals surface area contributed by atoms with Gasteiger partial charge in [0.2, 0.25) is 0 Å². The molecular weight excluding hydrogens is 222 g/mol. The fourth-order valence-electron chi connectivity index (χ4n) is 0. The second kappa shape index (κ2) is 21.9. The van der Waals surface area contributed by atoms with Gasteiger partial charge in [-0.05, 0) is 0 Å². The van der Waals surface area contributed by atoms with E-state index in [9.17, 15) is 0 Å². The molecule has 0 N–H and O–H groups in total. The molecule has 0 saturated carbocycles. The minimum absolute atomic E-state index is 0. The van der Waals surface area contributed by atoms with Gasteiger partial charge in [-0.1, -0.05) is 0 Å². The summed E-state index contributed by atoms with van der Waals surface area (Å²) in [4.78, 5) is 0. The van der Waals surface area contributed by atoms with Gasteiger partial charge in [0, 0.05) is 0 Å². The molecule has 0 aliphatic carbocycles. The van der Waals surface area contributed by atoms with Gasteiger partial charge in [-0.25, -0.2) is 0 Å². The normalized spacial score (nSPS) is 1.50. The number of hydrogen-bond acceptors (Lipinski definition) is 0. The molecule has 0 radical (unpaired) electrons. The fraction of sp³-hybridized carbons (Fsp3) is 0. The molecule has 0 heterocycles. The average Bonchev–Trinajstić information content (AvgIpc) is 1.00. The third kappa shape index (κ3) is 9.28. The van der Waals surface area contributed by atoms with E-state index < -0.39 is 0 Å². The molecule has 0 aromatic carbocycles. The third-order valence-electron chi connectivity index (χ3n) is 0. The van der Waals surface area contributed by atoms with Crippen LogP contribution in [-0.4, -0.2) is 28.4 Å². The van der Waals surface area contributed by atoms with E-state index in [1.807, 2.05) is 0 Å². The Labute approximate surface area is 55.2 Å². The van der Waals surface area contributed by atoms with Crippen molar-refractivity contribution in [3.63, 3.8) is 0 Å². The Balaban J connectivity index is -0.00000000500. The zero-order chi connectivity index (χ0) is 2.00. The van der Waals surface area contributed by atoms with Gasteiger partial charge in [-0.3, -0.25) is 0 Å². The van der Waals surface area contributed by atoms with Crippen molar-refractivity contribution in [2.75, 3.05) is 0 Å². The molecule has 0 fully saturated rings. The topological polar surface area (TPSA) is 0 Å². The first-order valence-electron chi connectivity index (χ1n) is 0.200. The fourth-order valence-corrected chi connectivity index (χ4v) is 0. The molecule has 0 saturated heterocycles. The van der Waals surface area contributed by atoms with Crippen LogP contribution in [0.2, 0.25) is 0 Å². The standard InChI is InChI=1S/2H2S.H2Se2/c;;1-2/h2*1H2;1-2H. The van der Waals surface area contributed by atoms with Gasteiger partial charge in [0.05, 0.1) is 0 Å². The SMILES string of the molecule is S.S.[SeH][SeH]. The van der Waals surface area contributed by atoms with Crippen LogP contribution in [0.5, 0.6) is 0 Å². The van der Waals surface area contributed by atoms with Gasteiger partial charge < -0.3 is 0 Å². The van der Waals surface area contributed by atoms with Gasteiger partial charge in [0.25, 0.3) is 0 Å². The van der Waals surface area contributed by atoms with Crippen LogP contribution in [0.25, 0.3) is 0 Å². The Morgan fingerprint density at radius 1 is 0.750 bits per heavy atom. The van der Waals surface area contributed by atoms with Crippen molar-refractivity contribution in [2.24, 2.45) is 0 Å². The van der Waals surface area contributed by atoms with Crippen molar-refractivity contribution in [1.29, 1.82) is 0 Å². The van der Waals surface area contributed by atoms with E-state index in [1.54, 1.807) is 0 Å². The predicted molar refractivity (Wildman–Crippen MR) is 35.1 cm³/mol. The van der Waals surface area contributed by atoms with Crippen LogP contribution in [0.4, 0.5) is 0 Å². The molecule has 0 aromatic heterocycles. The Morgan fingerprint density at radius 3 is 0.750 bits per heavy atom. The van der Waals surface area contributed by atoms with Crippen molar-refractivity contribution >= 4 is 55.4 Å². The van der Waals surface area contributed by atoms with Gasteiger partial charge in [-0.2, -0.15) is 27.0 Å². The molecule has 0 aromatic rings. The van der Waals surface area contributed by atoms with E-state index in [-0.39, 0.29) is 27.0 Å². The zero-order valence-electron chi connectivity index (χ0n) is 1.89. The first kappa shape index (κ1) is 17.2. The molecule has 0 nitrogen and oxygen atoms in total. The van der Waals surface area contributed by atoms with E-state index in [4.69, 9.17) is 0 Å². The minimum atomic E-state index is 0. The van der Waals surface area contributed by atoms with Crippen molar-refractivity contribution in [1.82, 2.24) is 0 Å². The Kier molecular flexibility index (Phi) is 94.1. The molecule has 30 valence electrons. The van der Waals surface area contributed by atoms with E-state index in [0.717, 1.165) is 0 Å². The number of rotatable bonds is 0. The second-order valence-corrected chi connectivity index (χ2v) is 0. The van der Waals surface area contributed by atoms with Crippen LogP contribution in [0.1, 0.15) is 0 Å². The molecule has 0 amide bonds. The van der Waals surface area contributed by atoms with Crippen LogP contribution < -0.4 is 0 Å². The summed E-state index contributed by atoms with van der Waals surface area (Å²) < 4.78 is 0. The van der Waals surface area contributed by atoms with Crippen LogP contribution >= 0.6 is 27.0 Å². The third-order valence-corrected chi connectivity index (χ3v) is 0. The Hall–Kier alpha value is 1.74. The Bertz CT molecular complexity index is 4.00. The van der Waals surface area contributed by atoms with Gasteiger partial charge in [-0.15, -0.1) is 0 Å². The van der Waals surface area contributed by atoms with E-state index in [0.29, 0.717) is 0 Å². The summed E-state index contributed by atoms with van der Waals surface area (Å²) in [5, 5.41) is 0. The average molecular weight is 228 g/mol. The predicted octanol–water partition coefficient (Wildman–Crippen LogP) is -1.07. The summed E-state index contributed by atoms with van der Waals surface area (Å²) in [6, 6.07) is 0. The van der Waals surface area contributed by atoms with Gasteiger partial charge in [0.1, 0.15) is 0 Å². The number of hydrogen-bond donors (Lipinski definition) is 0. The van der Waals surface area contributed by atoms with E-state index in [1.165, 1.54) is 0 Å². The van der Waals surface area contributed by atoms with E-state index in [2.05, 4.69) is 28.4 Å². The molecule has 0 unspecified atom stereocenters. The van der Waals surface area contributed by atoms with Crippen molar-refractivity contribution in [2.45, 2.75) is 0 Å². The Morgan fingerprint density at radius 2 is 0.750 bits per heavy atom. The molecule has 0 aliphatic heterocycles. The summed E-state index contributed by atoms with van der Waals surface area (Å²) in [6.45, 7) is 0. The molecule has 0 aliphatic rings. The molecule has 0 rings (SSSR count). The summed E-state index contributed by atoms with van der Waals surface area (Å²) >= 11 is 4.50. The molecular formula is H6S2Se2. The first-order valence-corrected chi connectivity index (χ1v) is 5.40. The van der Waals surface area contributed by atoms with Crippen molar-refractivity contribution in [3.05, 3.63) is 0 Å². The van der Waals surface area contributed by atoms with Crippen LogP contribution in [0.15, 0.2) is 0 Å². The van der Waals surface area contributed by atoms with Crippen molar-refractivity contribution < 1.29 is 0 Å². The van der Waals surface area contributed by atoms with Crippen LogP contribution in [0, 0.1) is 0 Å². The molecule has 0 atom stereocenters. The molecule has 0 bridgehead atoms. The maximum atomic E-state index is 2.25. The molecule has 4 heteroatoms. The quantitative estimate of drug-likeness (QED) is 0.463. The van der Waals surface area contributed by atoms with Crippen LogP contribution in [0.3, 0.4) is 0 Å². The summed E-state index contributed by atoms with van der Waals surface area (Å²) in [7, 11) is 0. The van der Waals surface area contributed by atoms with Crippen LogP contribution in [-0.2, 0) is 0 Å². The summed E-state index contributed by atoms with van der Waals surface area (Å²) in [5.74, 6) is 0. The summed E-state index contributed by atoms with van der Waals surface area (Å²) in [6.07, 6.45) is 0. The first-order chi connectivity index (χ1) is 1.00. The second-order valence-electron chi connectivity index (χ2n) is 0. The maximum absolute atomic E-state index is 2.25. The van der Waals surface area contributed by atoms with Crippen molar-refractivity contribution in [3.8, 4) is 0 Å². The van der Waals surface area contributed by atoms with Gasteiger partial charge in [0.15, 0.2) is 0 Å². The molecule has 4 heavy (non-hydrogen) atoms. The van der Waals surface area contributed by atoms with Gasteiger partial charge >= 0.3 is 28.4 Å². The van der Waals surface area contributed by atoms with E-state index >= 15 is 0 Å². The monoisotopic (exact) mass is 230 g/mol. The molecule has 0 spiro atoms. The summed E-state index contributed by atoms with van der Waals surface area (Å²) in [5.41, 5.74) is 0.